The molecule has 0 bridgehead atoms. The van der Waals surface area contributed by atoms with Crippen LogP contribution >= 0.6 is 0 Å². The number of nitrogens with zero attached hydrogens (tertiary/aromatic N) is 2. The van der Waals surface area contributed by atoms with Crippen LogP contribution in [0.5, 0.6) is 0 Å². The molecule has 1 aromatic rings. The summed E-state index contributed by atoms with van der Waals surface area (Å²) in [6.07, 6.45) is 5.90. The van der Waals surface area contributed by atoms with Gasteiger partial charge in [0.2, 0.25) is 0 Å². The molecule has 5 nitrogen and oxygen atoms in total. The van der Waals surface area contributed by atoms with E-state index < -0.39 is 12.2 Å². The summed E-state index contributed by atoms with van der Waals surface area (Å²) in [7, 11) is 3.71. The van der Waals surface area contributed by atoms with Gasteiger partial charge in [-0.05, 0) is 31.9 Å². The Kier molecular flexibility index (Phi) is 7.45. The van der Waals surface area contributed by atoms with Gasteiger partial charge in [0.05, 0.1) is 18.8 Å². The van der Waals surface area contributed by atoms with E-state index >= 15 is 0 Å². The van der Waals surface area contributed by atoms with E-state index in [2.05, 4.69) is 5.92 Å². The number of terminal acetylenes is 1. The maximum absolute atomic E-state index is 12.7. The highest BCUT2D eigenvalue weighted by Crippen LogP contribution is 2.23. The molecule has 0 spiro atoms. The van der Waals surface area contributed by atoms with Crippen LogP contribution in [0.2, 0.25) is 0 Å². The molecule has 3 atom stereocenters. The van der Waals surface area contributed by atoms with Gasteiger partial charge in [0.25, 0.3) is 5.91 Å². The number of carbonyl (C=O) groups excluding carboxylic acids is 1. The Morgan fingerprint density at radius 3 is 2.72 bits per heavy atom. The van der Waals surface area contributed by atoms with E-state index in [0.717, 1.165) is 24.9 Å². The van der Waals surface area contributed by atoms with Crippen molar-refractivity contribution in [2.75, 3.05) is 27.2 Å². The van der Waals surface area contributed by atoms with E-state index in [9.17, 15) is 9.90 Å². The fraction of sp³-hybridized carbons (Fsp3) is 0.550. The molecule has 1 aliphatic heterocycles. The molecule has 1 aliphatic rings. The Labute approximate surface area is 150 Å². The predicted octanol–water partition coefficient (Wildman–Crippen LogP) is 1.51. The number of carbonyl (C=O) groups is 1. The first-order chi connectivity index (χ1) is 12.0. The fourth-order valence-corrected chi connectivity index (χ4v) is 3.06. The number of hydrogen-bond acceptors (Lipinski definition) is 4. The molecule has 0 saturated carbocycles. The van der Waals surface area contributed by atoms with Crippen LogP contribution in [0.25, 0.3) is 0 Å². The molecule has 136 valence electrons. The van der Waals surface area contributed by atoms with Crippen LogP contribution in [0.3, 0.4) is 0 Å². The van der Waals surface area contributed by atoms with Gasteiger partial charge in [-0.25, -0.2) is 0 Å². The third-order valence-corrected chi connectivity index (χ3v) is 4.55. The lowest BCUT2D eigenvalue weighted by Gasteiger charge is -2.35. The average molecular weight is 344 g/mol. The van der Waals surface area contributed by atoms with E-state index in [1.807, 2.05) is 42.3 Å². The van der Waals surface area contributed by atoms with Crippen molar-refractivity contribution in [1.29, 1.82) is 0 Å². The van der Waals surface area contributed by atoms with Crippen LogP contribution in [-0.4, -0.2) is 66.3 Å². The topological polar surface area (TPSA) is 53.0 Å². The smallest absolute Gasteiger partial charge is 0.254 e. The van der Waals surface area contributed by atoms with Crippen LogP contribution in [0.1, 0.15) is 24.8 Å². The average Bonchev–Trinajstić information content (AvgIpc) is 2.61. The zero-order chi connectivity index (χ0) is 18.2. The summed E-state index contributed by atoms with van der Waals surface area (Å²) in [4.78, 5) is 16.4. The van der Waals surface area contributed by atoms with Gasteiger partial charge in [-0.3, -0.25) is 9.69 Å². The van der Waals surface area contributed by atoms with Crippen molar-refractivity contribution in [2.45, 2.75) is 44.1 Å². The van der Waals surface area contributed by atoms with Gasteiger partial charge in [0.1, 0.15) is 0 Å². The molecular weight excluding hydrogens is 316 g/mol. The van der Waals surface area contributed by atoms with Crippen molar-refractivity contribution >= 4 is 5.91 Å². The van der Waals surface area contributed by atoms with Crippen molar-refractivity contribution < 1.29 is 14.6 Å². The number of likely N-dealkylation sites (N-methyl/N-ethyl adjacent to an activating group) is 1. The molecule has 1 fully saturated rings. The van der Waals surface area contributed by atoms with Crippen LogP contribution < -0.4 is 0 Å². The number of benzene rings is 1. The molecule has 0 aromatic heterocycles. The molecule has 1 amide bonds. The number of amides is 1. The fourth-order valence-electron chi connectivity index (χ4n) is 3.06. The van der Waals surface area contributed by atoms with Crippen molar-refractivity contribution in [2.24, 2.45) is 0 Å². The van der Waals surface area contributed by atoms with Gasteiger partial charge in [-0.2, -0.15) is 0 Å². The Morgan fingerprint density at radius 1 is 1.32 bits per heavy atom. The zero-order valence-corrected chi connectivity index (χ0v) is 15.1. The Balaban J connectivity index is 1.89. The third kappa shape index (κ3) is 5.86. The van der Waals surface area contributed by atoms with Crippen molar-refractivity contribution in [3.63, 3.8) is 0 Å². The van der Waals surface area contributed by atoms with E-state index in [0.29, 0.717) is 19.5 Å². The Morgan fingerprint density at radius 2 is 2.04 bits per heavy atom. The summed E-state index contributed by atoms with van der Waals surface area (Å²) in [6.45, 7) is 1.91. The van der Waals surface area contributed by atoms with Crippen LogP contribution in [0.15, 0.2) is 30.3 Å². The van der Waals surface area contributed by atoms with Gasteiger partial charge in [-0.1, -0.05) is 36.3 Å². The molecule has 1 N–H and O–H groups in total. The SMILES string of the molecule is C#CCN(C)CCC1CCC(O)C(C(=O)N(C)Cc2ccccc2)O1. The molecule has 1 heterocycles. The number of rotatable bonds is 7. The molecule has 5 heteroatoms. The molecule has 25 heavy (non-hydrogen) atoms. The first kappa shape index (κ1) is 19.5. The van der Waals surface area contributed by atoms with Crippen LogP contribution in [-0.2, 0) is 16.1 Å². The minimum Gasteiger partial charge on any atom is -0.390 e. The van der Waals surface area contributed by atoms with E-state index in [1.54, 1.807) is 11.9 Å². The zero-order valence-electron chi connectivity index (χ0n) is 15.1. The minimum atomic E-state index is -0.787. The molecule has 1 saturated heterocycles. The van der Waals surface area contributed by atoms with Gasteiger partial charge >= 0.3 is 0 Å². The largest absolute Gasteiger partial charge is 0.390 e. The highest BCUT2D eigenvalue weighted by atomic mass is 16.5. The first-order valence-electron chi connectivity index (χ1n) is 8.75. The highest BCUT2D eigenvalue weighted by molar-refractivity contribution is 5.81. The molecule has 1 aromatic carbocycles. The summed E-state index contributed by atoms with van der Waals surface area (Å²) in [6, 6.07) is 9.80. The maximum Gasteiger partial charge on any atom is 0.254 e. The van der Waals surface area contributed by atoms with Crippen molar-refractivity contribution in [3.05, 3.63) is 35.9 Å². The van der Waals surface area contributed by atoms with Crippen molar-refractivity contribution in [3.8, 4) is 12.3 Å². The molecule has 0 aliphatic carbocycles. The predicted molar refractivity (Wildman–Crippen MR) is 97.8 cm³/mol. The Hall–Kier alpha value is -1.87. The minimum absolute atomic E-state index is 0.0253. The molecule has 3 unspecified atom stereocenters. The number of hydrogen-bond donors (Lipinski definition) is 1. The van der Waals surface area contributed by atoms with Crippen LogP contribution in [0, 0.1) is 12.3 Å². The lowest BCUT2D eigenvalue weighted by molar-refractivity contribution is -0.167. The Bertz CT molecular complexity index is 584. The van der Waals surface area contributed by atoms with E-state index in [4.69, 9.17) is 11.2 Å². The van der Waals surface area contributed by atoms with Crippen LogP contribution in [0.4, 0.5) is 0 Å². The standard InChI is InChI=1S/C20H28N2O3/c1-4-13-21(2)14-12-17-10-11-18(23)19(25-17)20(24)22(3)15-16-8-6-5-7-9-16/h1,5-9,17-19,23H,10-15H2,2-3H3. The summed E-state index contributed by atoms with van der Waals surface area (Å²) in [5, 5.41) is 10.2. The van der Waals surface area contributed by atoms with Gasteiger partial charge in [0, 0.05) is 20.1 Å². The lowest BCUT2D eigenvalue weighted by Crippen LogP contribution is -2.49. The summed E-state index contributed by atoms with van der Waals surface area (Å²) in [5.41, 5.74) is 1.05. The molecule has 2 rings (SSSR count). The highest BCUT2D eigenvalue weighted by Gasteiger charge is 2.36. The summed E-state index contributed by atoms with van der Waals surface area (Å²) in [5.74, 6) is 2.44. The van der Waals surface area contributed by atoms with Crippen molar-refractivity contribution in [1.82, 2.24) is 9.80 Å². The molecule has 0 radical (unpaired) electrons. The second-order valence-corrected chi connectivity index (χ2v) is 6.73. The number of aliphatic hydroxyl groups excluding tert-OH is 1. The van der Waals surface area contributed by atoms with Gasteiger partial charge < -0.3 is 14.7 Å². The third-order valence-electron chi connectivity index (χ3n) is 4.55. The maximum atomic E-state index is 12.7. The summed E-state index contributed by atoms with van der Waals surface area (Å²) >= 11 is 0. The quantitative estimate of drug-likeness (QED) is 0.762. The number of ether oxygens (including phenoxy) is 1. The monoisotopic (exact) mass is 344 g/mol. The first-order valence-corrected chi connectivity index (χ1v) is 8.75. The van der Waals surface area contributed by atoms with Gasteiger partial charge in [0.15, 0.2) is 6.10 Å². The van der Waals surface area contributed by atoms with E-state index in [1.165, 1.54) is 0 Å². The summed E-state index contributed by atoms with van der Waals surface area (Å²) < 4.78 is 5.93. The second kappa shape index (κ2) is 9.57. The van der Waals surface area contributed by atoms with Gasteiger partial charge in [-0.15, -0.1) is 6.42 Å². The lowest BCUT2D eigenvalue weighted by atomic mass is 9.98. The normalized spacial score (nSPS) is 23.2. The van der Waals surface area contributed by atoms with E-state index in [-0.39, 0.29) is 12.0 Å². The molecular formula is C20H28N2O3. The second-order valence-electron chi connectivity index (χ2n) is 6.73. The number of aliphatic hydroxyl groups is 1.